The van der Waals surface area contributed by atoms with Crippen LogP contribution in [0, 0.1) is 20.2 Å². The van der Waals surface area contributed by atoms with Gasteiger partial charge in [-0.05, 0) is 49.9 Å². The molecule has 1 heterocycles. The Bertz CT molecular complexity index is 1110. The van der Waals surface area contributed by atoms with Gasteiger partial charge in [-0.15, -0.1) is 0 Å². The van der Waals surface area contributed by atoms with Crippen molar-refractivity contribution in [1.82, 2.24) is 0 Å². The fraction of sp³-hybridized carbons (Fsp3) is 0.250. The summed E-state index contributed by atoms with van der Waals surface area (Å²) in [6.07, 6.45) is 2.65. The topological polar surface area (TPSA) is 126 Å². The van der Waals surface area contributed by atoms with Gasteiger partial charge in [0.15, 0.2) is 0 Å². The van der Waals surface area contributed by atoms with Gasteiger partial charge in [0.1, 0.15) is 11.3 Å². The number of non-ortho nitro benzene ring substituents is 1. The minimum atomic E-state index is -0.647. The zero-order valence-electron chi connectivity index (χ0n) is 15.4. The van der Waals surface area contributed by atoms with Crippen LogP contribution in [0.2, 0.25) is 0 Å². The van der Waals surface area contributed by atoms with Gasteiger partial charge in [-0.1, -0.05) is 0 Å². The summed E-state index contributed by atoms with van der Waals surface area (Å²) in [4.78, 5) is 32.0. The summed E-state index contributed by atoms with van der Waals surface area (Å²) in [7, 11) is 0. The number of benzene rings is 2. The van der Waals surface area contributed by atoms with Crippen molar-refractivity contribution in [3.05, 3.63) is 84.7 Å². The first-order valence-corrected chi connectivity index (χ1v) is 9.02. The molecule has 0 saturated carbocycles. The Balaban J connectivity index is 1.48. The van der Waals surface area contributed by atoms with E-state index in [2.05, 4.69) is 0 Å². The van der Waals surface area contributed by atoms with Gasteiger partial charge < -0.3 is 9.15 Å². The summed E-state index contributed by atoms with van der Waals surface area (Å²) in [5.74, 6) is 0.595. The highest BCUT2D eigenvalue weighted by Gasteiger charge is 2.18. The van der Waals surface area contributed by atoms with Crippen molar-refractivity contribution in [1.29, 1.82) is 0 Å². The number of nitro groups is 2. The van der Waals surface area contributed by atoms with Crippen LogP contribution in [0.15, 0.2) is 57.7 Å². The van der Waals surface area contributed by atoms with Crippen LogP contribution >= 0.6 is 0 Å². The van der Waals surface area contributed by atoms with Crippen molar-refractivity contribution in [2.45, 2.75) is 25.7 Å². The smallest absolute Gasteiger partial charge is 0.336 e. The summed E-state index contributed by atoms with van der Waals surface area (Å²) < 4.78 is 10.8. The maximum absolute atomic E-state index is 11.3. The van der Waals surface area contributed by atoms with Gasteiger partial charge in [0.25, 0.3) is 11.4 Å². The number of unbranched alkanes of at least 4 members (excludes halogenated alkanes) is 2. The minimum Gasteiger partial charge on any atom is -0.493 e. The normalized spacial score (nSPS) is 10.8. The number of rotatable bonds is 9. The second-order valence-electron chi connectivity index (χ2n) is 6.44. The number of hydrogen-bond acceptors (Lipinski definition) is 7. The number of nitrogens with zero attached hydrogens (tertiary/aromatic N) is 2. The highest BCUT2D eigenvalue weighted by molar-refractivity contribution is 5.77. The van der Waals surface area contributed by atoms with Crippen LogP contribution in [0.25, 0.3) is 11.0 Å². The molecule has 0 aliphatic rings. The van der Waals surface area contributed by atoms with E-state index in [0.717, 1.165) is 24.3 Å². The predicted molar refractivity (Wildman–Crippen MR) is 105 cm³/mol. The van der Waals surface area contributed by atoms with E-state index in [0.29, 0.717) is 36.3 Å². The summed E-state index contributed by atoms with van der Waals surface area (Å²) in [5.41, 5.74) is -0.00489. The SMILES string of the molecule is O=c1ccc2ccc(OCCCCCc3ccc([N+](=O)[O-])cc3[N+](=O)[O-])cc2o1. The Morgan fingerprint density at radius 1 is 0.897 bits per heavy atom. The summed E-state index contributed by atoms with van der Waals surface area (Å²) >= 11 is 0. The molecular weight excluding hydrogens is 380 g/mol. The lowest BCUT2D eigenvalue weighted by Gasteiger charge is -2.07. The molecule has 0 aliphatic carbocycles. The van der Waals surface area contributed by atoms with Crippen LogP contribution < -0.4 is 10.4 Å². The van der Waals surface area contributed by atoms with E-state index in [4.69, 9.17) is 9.15 Å². The molecule has 0 aliphatic heterocycles. The molecule has 0 spiro atoms. The monoisotopic (exact) mass is 398 g/mol. The van der Waals surface area contributed by atoms with Crippen LogP contribution in [-0.4, -0.2) is 16.5 Å². The first-order chi connectivity index (χ1) is 13.9. The van der Waals surface area contributed by atoms with Gasteiger partial charge >= 0.3 is 5.63 Å². The third-order valence-corrected chi connectivity index (χ3v) is 4.43. The number of ether oxygens (including phenoxy) is 1. The molecule has 0 N–H and O–H groups in total. The lowest BCUT2D eigenvalue weighted by atomic mass is 10.0. The third kappa shape index (κ3) is 5.16. The summed E-state index contributed by atoms with van der Waals surface area (Å²) in [6, 6.07) is 12.0. The van der Waals surface area contributed by atoms with Crippen LogP contribution in [0.4, 0.5) is 11.4 Å². The Kier molecular flexibility index (Phi) is 6.18. The second kappa shape index (κ2) is 8.96. The molecule has 3 aromatic rings. The van der Waals surface area contributed by atoms with E-state index in [9.17, 15) is 25.0 Å². The van der Waals surface area contributed by atoms with Crippen molar-refractivity contribution in [3.63, 3.8) is 0 Å². The molecule has 9 nitrogen and oxygen atoms in total. The molecule has 9 heteroatoms. The van der Waals surface area contributed by atoms with Crippen LogP contribution in [-0.2, 0) is 6.42 Å². The molecule has 0 fully saturated rings. The molecule has 0 unspecified atom stereocenters. The van der Waals surface area contributed by atoms with Gasteiger partial charge in [0.2, 0.25) is 0 Å². The summed E-state index contributed by atoms with van der Waals surface area (Å²) in [6.45, 7) is 0.449. The zero-order chi connectivity index (χ0) is 20.8. The van der Waals surface area contributed by atoms with Crippen molar-refractivity contribution >= 4 is 22.3 Å². The molecule has 29 heavy (non-hydrogen) atoms. The maximum atomic E-state index is 11.3. The first-order valence-electron chi connectivity index (χ1n) is 9.02. The van der Waals surface area contributed by atoms with Gasteiger partial charge in [-0.3, -0.25) is 20.2 Å². The summed E-state index contributed by atoms with van der Waals surface area (Å²) in [5, 5.41) is 22.7. The van der Waals surface area contributed by atoms with E-state index in [1.807, 2.05) is 0 Å². The molecule has 1 aromatic heterocycles. The highest BCUT2D eigenvalue weighted by Crippen LogP contribution is 2.26. The molecule has 0 atom stereocenters. The molecule has 0 saturated heterocycles. The van der Waals surface area contributed by atoms with Crippen LogP contribution in [0.3, 0.4) is 0 Å². The maximum Gasteiger partial charge on any atom is 0.336 e. The number of fused-ring (bicyclic) bond motifs is 1. The van der Waals surface area contributed by atoms with E-state index in [-0.39, 0.29) is 11.4 Å². The Labute approximate surface area is 164 Å². The molecule has 0 bridgehead atoms. The fourth-order valence-electron chi connectivity index (χ4n) is 2.96. The zero-order valence-corrected chi connectivity index (χ0v) is 15.4. The van der Waals surface area contributed by atoms with E-state index in [1.54, 1.807) is 24.3 Å². The lowest BCUT2D eigenvalue weighted by molar-refractivity contribution is -0.394. The first kappa shape index (κ1) is 20.0. The van der Waals surface area contributed by atoms with E-state index < -0.39 is 15.5 Å². The average molecular weight is 398 g/mol. The quantitative estimate of drug-likeness (QED) is 0.226. The van der Waals surface area contributed by atoms with Crippen molar-refractivity contribution in [2.75, 3.05) is 6.61 Å². The molecule has 0 amide bonds. The Morgan fingerprint density at radius 3 is 2.45 bits per heavy atom. The molecule has 2 aromatic carbocycles. The van der Waals surface area contributed by atoms with Crippen LogP contribution in [0.5, 0.6) is 5.75 Å². The fourth-order valence-corrected chi connectivity index (χ4v) is 2.96. The number of aryl methyl sites for hydroxylation is 1. The Morgan fingerprint density at radius 2 is 1.69 bits per heavy atom. The predicted octanol–water partition coefficient (Wildman–Crippen LogP) is 4.40. The molecule has 150 valence electrons. The second-order valence-corrected chi connectivity index (χ2v) is 6.44. The number of hydrogen-bond donors (Lipinski definition) is 0. The van der Waals surface area contributed by atoms with E-state index in [1.165, 1.54) is 18.2 Å². The molecule has 3 rings (SSSR count). The van der Waals surface area contributed by atoms with E-state index >= 15 is 0 Å². The standard InChI is InChI=1S/C20H18N2O7/c23-20-10-7-15-6-9-17(13-19(15)29-20)28-11-3-1-2-4-14-5-8-16(21(24)25)12-18(14)22(26)27/h5-10,12-13H,1-4,11H2. The minimum absolute atomic E-state index is 0.229. The molecule has 0 radical (unpaired) electrons. The van der Waals surface area contributed by atoms with Crippen molar-refractivity contribution < 1.29 is 19.0 Å². The van der Waals surface area contributed by atoms with Crippen molar-refractivity contribution in [2.24, 2.45) is 0 Å². The third-order valence-electron chi connectivity index (χ3n) is 4.43. The van der Waals surface area contributed by atoms with Gasteiger partial charge in [-0.25, -0.2) is 4.79 Å². The average Bonchev–Trinajstić information content (AvgIpc) is 2.70. The largest absolute Gasteiger partial charge is 0.493 e. The Hall–Kier alpha value is -3.75. The van der Waals surface area contributed by atoms with Crippen LogP contribution in [0.1, 0.15) is 24.8 Å². The van der Waals surface area contributed by atoms with Gasteiger partial charge in [-0.2, -0.15) is 0 Å². The molecular formula is C20H18N2O7. The van der Waals surface area contributed by atoms with Gasteiger partial charge in [0, 0.05) is 29.1 Å². The number of nitro benzene ring substituents is 2. The van der Waals surface area contributed by atoms with Gasteiger partial charge in [0.05, 0.1) is 22.5 Å². The highest BCUT2D eigenvalue weighted by atomic mass is 16.6. The van der Waals surface area contributed by atoms with Crippen molar-refractivity contribution in [3.8, 4) is 5.75 Å². The lowest BCUT2D eigenvalue weighted by Crippen LogP contribution is -2.00.